The van der Waals surface area contributed by atoms with E-state index in [0.29, 0.717) is 12.8 Å². The van der Waals surface area contributed by atoms with Crippen LogP contribution in [-0.2, 0) is 19.1 Å². The first-order valence-corrected chi connectivity index (χ1v) is 11.1. The molecule has 0 aromatic heterocycles. The van der Waals surface area contributed by atoms with E-state index in [4.69, 9.17) is 9.47 Å². The molecule has 132 valence electrons. The molecule has 0 aromatic carbocycles. The highest BCUT2D eigenvalue weighted by atomic mass is 32.2. The fraction of sp³-hybridized carbons (Fsp3) is 0.882. The van der Waals surface area contributed by atoms with Crippen LogP contribution in [0.4, 0.5) is 0 Å². The first-order chi connectivity index (χ1) is 11.2. The summed E-state index contributed by atoms with van der Waals surface area (Å²) in [5.74, 6) is 4.47. The lowest BCUT2D eigenvalue weighted by Gasteiger charge is -2.22. The van der Waals surface area contributed by atoms with E-state index in [1.54, 1.807) is 0 Å². The van der Waals surface area contributed by atoms with Crippen molar-refractivity contribution in [1.29, 1.82) is 0 Å². The molecule has 6 heteroatoms. The van der Waals surface area contributed by atoms with Crippen molar-refractivity contribution < 1.29 is 19.1 Å². The molecule has 2 unspecified atom stereocenters. The Morgan fingerprint density at radius 1 is 0.783 bits per heavy atom. The van der Waals surface area contributed by atoms with Crippen LogP contribution < -0.4 is 0 Å². The summed E-state index contributed by atoms with van der Waals surface area (Å²) in [6.07, 6.45) is 8.77. The van der Waals surface area contributed by atoms with Gasteiger partial charge in [0.15, 0.2) is 0 Å². The van der Waals surface area contributed by atoms with Gasteiger partial charge in [0.1, 0.15) is 12.2 Å². The number of ether oxygens (including phenoxy) is 2. The van der Waals surface area contributed by atoms with Crippen molar-refractivity contribution in [2.24, 2.45) is 0 Å². The van der Waals surface area contributed by atoms with Gasteiger partial charge in [-0.1, -0.05) is 0 Å². The van der Waals surface area contributed by atoms with Crippen LogP contribution in [0.1, 0.15) is 57.8 Å². The molecule has 0 N–H and O–H groups in total. The van der Waals surface area contributed by atoms with Gasteiger partial charge < -0.3 is 9.47 Å². The highest BCUT2D eigenvalue weighted by Gasteiger charge is 2.20. The van der Waals surface area contributed by atoms with Gasteiger partial charge in [0.05, 0.1) is 0 Å². The topological polar surface area (TPSA) is 52.6 Å². The maximum atomic E-state index is 11.2. The third kappa shape index (κ3) is 8.34. The molecule has 2 aliphatic rings. The second-order valence-corrected chi connectivity index (χ2v) is 8.61. The molecule has 0 radical (unpaired) electrons. The second kappa shape index (κ2) is 11.2. The third-order valence-corrected chi connectivity index (χ3v) is 6.36. The summed E-state index contributed by atoms with van der Waals surface area (Å²) in [6, 6.07) is 0. The Balaban J connectivity index is 1.35. The number of hydrogen-bond donors (Lipinski definition) is 0. The van der Waals surface area contributed by atoms with Crippen LogP contribution in [-0.4, -0.2) is 47.2 Å². The largest absolute Gasteiger partial charge is 0.462 e. The molecule has 2 saturated heterocycles. The van der Waals surface area contributed by atoms with Gasteiger partial charge in [-0.15, -0.1) is 0 Å². The van der Waals surface area contributed by atoms with Crippen LogP contribution in [0, 0.1) is 0 Å². The molecule has 2 fully saturated rings. The molecule has 0 aliphatic carbocycles. The molecule has 2 atom stereocenters. The molecule has 2 heterocycles. The van der Waals surface area contributed by atoms with Gasteiger partial charge in [0, 0.05) is 12.8 Å². The minimum absolute atomic E-state index is 0.0219. The van der Waals surface area contributed by atoms with Crippen molar-refractivity contribution in [2.45, 2.75) is 70.0 Å². The molecule has 2 rings (SSSR count). The minimum atomic E-state index is -0.0219. The molecule has 0 amide bonds. The highest BCUT2D eigenvalue weighted by molar-refractivity contribution is 8.00. The van der Waals surface area contributed by atoms with E-state index in [-0.39, 0.29) is 24.1 Å². The smallest absolute Gasteiger partial charge is 0.306 e. The van der Waals surface area contributed by atoms with E-state index >= 15 is 0 Å². The van der Waals surface area contributed by atoms with Gasteiger partial charge in [-0.25, -0.2) is 0 Å². The molecule has 23 heavy (non-hydrogen) atoms. The molecule has 0 aromatic rings. The van der Waals surface area contributed by atoms with Crippen LogP contribution in [0.2, 0.25) is 0 Å². The van der Waals surface area contributed by atoms with Gasteiger partial charge in [-0.2, -0.15) is 23.5 Å². The third-order valence-electron chi connectivity index (χ3n) is 4.16. The lowest BCUT2D eigenvalue weighted by Crippen LogP contribution is -2.24. The van der Waals surface area contributed by atoms with E-state index in [2.05, 4.69) is 0 Å². The molecular weight excluding hydrogens is 332 g/mol. The summed E-state index contributed by atoms with van der Waals surface area (Å²) in [5, 5.41) is 0. The predicted octanol–water partition coefficient (Wildman–Crippen LogP) is 3.81. The maximum Gasteiger partial charge on any atom is 0.306 e. The Labute approximate surface area is 147 Å². The second-order valence-electron chi connectivity index (χ2n) is 6.16. The summed E-state index contributed by atoms with van der Waals surface area (Å²) in [5.41, 5.74) is 0. The van der Waals surface area contributed by atoms with Crippen molar-refractivity contribution in [3.8, 4) is 0 Å². The number of esters is 2. The number of cyclic esters (lactones) is 2. The Morgan fingerprint density at radius 3 is 1.70 bits per heavy atom. The van der Waals surface area contributed by atoms with E-state index in [9.17, 15) is 9.59 Å². The average molecular weight is 361 g/mol. The zero-order chi connectivity index (χ0) is 16.3. The van der Waals surface area contributed by atoms with Crippen LogP contribution >= 0.6 is 23.5 Å². The summed E-state index contributed by atoms with van der Waals surface area (Å²) in [7, 11) is 0. The highest BCUT2D eigenvalue weighted by Crippen LogP contribution is 2.21. The summed E-state index contributed by atoms with van der Waals surface area (Å²) >= 11 is 3.92. The first kappa shape index (κ1) is 19.0. The fourth-order valence-electron chi connectivity index (χ4n) is 2.86. The molecule has 4 nitrogen and oxygen atoms in total. The van der Waals surface area contributed by atoms with Crippen molar-refractivity contribution in [3.63, 3.8) is 0 Å². The van der Waals surface area contributed by atoms with E-state index in [0.717, 1.165) is 50.0 Å². The Morgan fingerprint density at radius 2 is 1.26 bits per heavy atom. The molecule has 0 bridgehead atoms. The van der Waals surface area contributed by atoms with Crippen molar-refractivity contribution in [2.75, 3.05) is 23.0 Å². The van der Waals surface area contributed by atoms with E-state index < -0.39 is 0 Å². The van der Waals surface area contributed by atoms with Crippen molar-refractivity contribution in [1.82, 2.24) is 0 Å². The Hall–Kier alpha value is -0.360. The van der Waals surface area contributed by atoms with Crippen LogP contribution in [0.25, 0.3) is 0 Å². The quantitative estimate of drug-likeness (QED) is 0.436. The monoisotopic (exact) mass is 360 g/mol. The summed E-state index contributed by atoms with van der Waals surface area (Å²) in [6.45, 7) is 0. The van der Waals surface area contributed by atoms with Gasteiger partial charge in [0.2, 0.25) is 0 Å². The lowest BCUT2D eigenvalue weighted by molar-refractivity contribution is -0.154. The zero-order valence-electron chi connectivity index (χ0n) is 13.8. The number of hydrogen-bond acceptors (Lipinski definition) is 6. The normalized spacial score (nSPS) is 25.0. The van der Waals surface area contributed by atoms with Gasteiger partial charge >= 0.3 is 11.9 Å². The predicted molar refractivity (Wildman–Crippen MR) is 96.0 cm³/mol. The SMILES string of the molecule is O=C1CCCC(CCSCCCSCCC2CCCC(=O)O2)O1. The van der Waals surface area contributed by atoms with Crippen molar-refractivity contribution in [3.05, 3.63) is 0 Å². The number of carbonyl (C=O) groups is 2. The van der Waals surface area contributed by atoms with E-state index in [1.807, 2.05) is 23.5 Å². The molecule has 2 aliphatic heterocycles. The Bertz CT molecular complexity index is 342. The summed E-state index contributed by atoms with van der Waals surface area (Å²) in [4.78, 5) is 22.4. The van der Waals surface area contributed by atoms with Gasteiger partial charge in [0.25, 0.3) is 0 Å². The maximum absolute atomic E-state index is 11.2. The fourth-order valence-corrected chi connectivity index (χ4v) is 5.01. The average Bonchev–Trinajstić information content (AvgIpc) is 2.53. The van der Waals surface area contributed by atoms with Crippen molar-refractivity contribution >= 4 is 35.5 Å². The van der Waals surface area contributed by atoms with Gasteiger partial charge in [-0.05, 0) is 68.0 Å². The summed E-state index contributed by atoms with van der Waals surface area (Å²) < 4.78 is 10.6. The zero-order valence-corrected chi connectivity index (χ0v) is 15.4. The van der Waals surface area contributed by atoms with Crippen LogP contribution in [0.5, 0.6) is 0 Å². The Kier molecular flexibility index (Phi) is 9.27. The first-order valence-electron chi connectivity index (χ1n) is 8.78. The van der Waals surface area contributed by atoms with Crippen LogP contribution in [0.15, 0.2) is 0 Å². The number of rotatable bonds is 10. The van der Waals surface area contributed by atoms with Crippen LogP contribution in [0.3, 0.4) is 0 Å². The van der Waals surface area contributed by atoms with Gasteiger partial charge in [-0.3, -0.25) is 9.59 Å². The number of carbonyl (C=O) groups excluding carboxylic acids is 2. The molecule has 0 spiro atoms. The molecular formula is C17H28O4S2. The van der Waals surface area contributed by atoms with E-state index in [1.165, 1.54) is 17.9 Å². The minimum Gasteiger partial charge on any atom is -0.462 e. The lowest BCUT2D eigenvalue weighted by atomic mass is 10.1. The standard InChI is InChI=1S/C17H28O4S2/c18-16-6-1-4-14(20-16)8-12-22-10-3-11-23-13-9-15-5-2-7-17(19)21-15/h14-15H,1-13H2. The molecule has 0 saturated carbocycles. The number of thioether (sulfide) groups is 2.